The Kier molecular flexibility index (Phi) is 5.43. The first-order valence-corrected chi connectivity index (χ1v) is 11.5. The fraction of sp³-hybridized carbons (Fsp3) is 0.632. The summed E-state index contributed by atoms with van der Waals surface area (Å²) in [6.45, 7) is 0.592. The molecule has 0 aliphatic heterocycles. The van der Waals surface area contributed by atoms with Crippen molar-refractivity contribution in [2.45, 2.75) is 45.1 Å². The van der Waals surface area contributed by atoms with Crippen LogP contribution in [0, 0.1) is 22.0 Å². The van der Waals surface area contributed by atoms with E-state index >= 15 is 0 Å². The number of carbonyl (C=O) groups is 1. The van der Waals surface area contributed by atoms with Gasteiger partial charge in [-0.1, -0.05) is 45.2 Å². The van der Waals surface area contributed by atoms with E-state index in [1.54, 1.807) is 0 Å². The predicted octanol–water partition coefficient (Wildman–Crippen LogP) is 4.71. The largest absolute Gasteiger partial charge is 0.460 e. The van der Waals surface area contributed by atoms with Crippen molar-refractivity contribution in [2.75, 3.05) is 13.2 Å². The number of nitrogens with zero attached hydrogens (tertiary/aromatic N) is 1. The van der Waals surface area contributed by atoms with E-state index in [9.17, 15) is 14.9 Å². The van der Waals surface area contributed by atoms with Crippen LogP contribution in [0.5, 0.6) is 0 Å². The summed E-state index contributed by atoms with van der Waals surface area (Å²) in [7, 11) is 0. The zero-order valence-electron chi connectivity index (χ0n) is 14.7. The molecule has 27 heavy (non-hydrogen) atoms. The highest BCUT2D eigenvalue weighted by Gasteiger charge is 2.61. The second-order valence-electron chi connectivity index (χ2n) is 8.06. The molecule has 1 aromatic rings. The Labute approximate surface area is 185 Å². The highest BCUT2D eigenvalue weighted by molar-refractivity contribution is 14.1. The summed E-state index contributed by atoms with van der Waals surface area (Å²) in [6, 6.07) is 5.45. The molecule has 0 saturated heterocycles. The van der Waals surface area contributed by atoms with Crippen LogP contribution in [0.15, 0.2) is 24.3 Å². The first-order valence-electron chi connectivity index (χ1n) is 9.19. The van der Waals surface area contributed by atoms with Crippen LogP contribution in [-0.4, -0.2) is 37.1 Å². The topological polar surface area (TPSA) is 78.7 Å². The zero-order valence-corrected chi connectivity index (χ0v) is 19.1. The zero-order chi connectivity index (χ0) is 19.2. The van der Waals surface area contributed by atoms with Crippen LogP contribution in [0.3, 0.4) is 0 Å². The lowest BCUT2D eigenvalue weighted by atomic mass is 9.54. The molecule has 0 aromatic heterocycles. The summed E-state index contributed by atoms with van der Waals surface area (Å²) in [6.07, 6.45) is 6.17. The summed E-state index contributed by atoms with van der Waals surface area (Å²) in [5.74, 6) is 1.03. The molecule has 0 N–H and O–H groups in total. The quantitative estimate of drug-likeness (QED) is 0.119. The number of alkyl halides is 2. The van der Waals surface area contributed by atoms with Crippen molar-refractivity contribution in [1.29, 1.82) is 0 Å². The van der Waals surface area contributed by atoms with Gasteiger partial charge in [-0.3, -0.25) is 10.1 Å². The van der Waals surface area contributed by atoms with Gasteiger partial charge in [-0.25, -0.2) is 4.79 Å². The van der Waals surface area contributed by atoms with E-state index < -0.39 is 10.9 Å². The van der Waals surface area contributed by atoms with Crippen LogP contribution >= 0.6 is 45.2 Å². The first-order chi connectivity index (χ1) is 12.8. The molecule has 0 radical (unpaired) electrons. The van der Waals surface area contributed by atoms with Gasteiger partial charge >= 0.3 is 5.97 Å². The number of carbonyl (C=O) groups excluding carboxylic acids is 1. The third kappa shape index (κ3) is 3.85. The molecule has 146 valence electrons. The van der Waals surface area contributed by atoms with Crippen molar-refractivity contribution in [2.24, 2.45) is 11.8 Å². The molecule has 0 heterocycles. The van der Waals surface area contributed by atoms with Crippen molar-refractivity contribution >= 4 is 56.8 Å². The van der Waals surface area contributed by atoms with E-state index in [-0.39, 0.29) is 17.9 Å². The van der Waals surface area contributed by atoms with E-state index in [1.807, 2.05) is 0 Å². The van der Waals surface area contributed by atoms with Crippen molar-refractivity contribution in [3.05, 3.63) is 39.9 Å². The molecule has 0 spiro atoms. The van der Waals surface area contributed by atoms with E-state index in [0.717, 1.165) is 24.7 Å². The molecule has 5 atom stereocenters. The minimum Gasteiger partial charge on any atom is -0.460 e. The second kappa shape index (κ2) is 7.40. The molecule has 4 saturated carbocycles. The fourth-order valence-corrected chi connectivity index (χ4v) is 8.33. The second-order valence-corrected chi connectivity index (χ2v) is 11.7. The number of benzene rings is 1. The predicted molar refractivity (Wildman–Crippen MR) is 117 cm³/mol. The van der Waals surface area contributed by atoms with Gasteiger partial charge in [0, 0.05) is 19.5 Å². The Hall–Kier alpha value is -0.490. The number of esters is 1. The smallest absolute Gasteiger partial charge is 0.338 e. The number of hydrogen-bond donors (Lipinski definition) is 0. The van der Waals surface area contributed by atoms with E-state index in [1.165, 1.54) is 43.5 Å². The number of hydrogen-bond acceptors (Lipinski definition) is 5. The average Bonchev–Trinajstić information content (AvgIpc) is 2.62. The minimum absolute atomic E-state index is 0.0440. The van der Waals surface area contributed by atoms with Crippen LogP contribution < -0.4 is 0 Å². The third-order valence-corrected chi connectivity index (χ3v) is 9.52. The molecule has 5 rings (SSSR count). The van der Waals surface area contributed by atoms with E-state index in [4.69, 9.17) is 9.47 Å². The number of rotatable bonds is 6. The molecule has 1 aromatic carbocycles. The van der Waals surface area contributed by atoms with Gasteiger partial charge in [-0.05, 0) is 56.1 Å². The van der Waals surface area contributed by atoms with Crippen LogP contribution in [0.1, 0.15) is 42.5 Å². The Morgan fingerprint density at radius 2 is 1.96 bits per heavy atom. The molecule has 4 bridgehead atoms. The Morgan fingerprint density at radius 3 is 2.63 bits per heavy atom. The number of non-ortho nitro benzene ring substituents is 1. The van der Waals surface area contributed by atoms with Crippen LogP contribution in [-0.2, 0) is 9.47 Å². The lowest BCUT2D eigenvalue weighted by Gasteiger charge is -2.62. The van der Waals surface area contributed by atoms with Gasteiger partial charge in [0.2, 0.25) is 0 Å². The molecule has 6 nitrogen and oxygen atoms in total. The molecule has 5 unspecified atom stereocenters. The van der Waals surface area contributed by atoms with E-state index in [2.05, 4.69) is 45.2 Å². The SMILES string of the molecule is O=C(OCCOC12CC3CC(CC(I)(C3)C1)C2I)c1ccc([N+](=O)[O-])cc1. The highest BCUT2D eigenvalue weighted by Crippen LogP contribution is 2.63. The van der Waals surface area contributed by atoms with Crippen LogP contribution in [0.2, 0.25) is 0 Å². The van der Waals surface area contributed by atoms with Crippen molar-refractivity contribution in [1.82, 2.24) is 0 Å². The molecule has 4 aliphatic rings. The number of ether oxygens (including phenoxy) is 2. The summed E-state index contributed by atoms with van der Waals surface area (Å²) in [5, 5.41) is 10.7. The Morgan fingerprint density at radius 1 is 1.22 bits per heavy atom. The van der Waals surface area contributed by atoms with Crippen molar-refractivity contribution < 1.29 is 19.2 Å². The monoisotopic (exact) mass is 597 g/mol. The average molecular weight is 597 g/mol. The molecular weight excluding hydrogens is 576 g/mol. The molecular formula is C19H21I2NO5. The molecule has 0 amide bonds. The van der Waals surface area contributed by atoms with Crippen LogP contribution in [0.4, 0.5) is 5.69 Å². The Bertz CT molecular complexity index is 757. The lowest BCUT2D eigenvalue weighted by Crippen LogP contribution is -2.64. The maximum atomic E-state index is 12.1. The standard InChI is InChI=1S/C19H21I2NO5/c20-16-14-7-12-8-18(21,10-14)11-19(16,9-12)27-6-5-26-17(23)13-1-3-15(4-2-13)22(24)25/h1-4,12,14,16H,5-11H2. The summed E-state index contributed by atoms with van der Waals surface area (Å²) >= 11 is 5.23. The molecule has 4 aliphatic carbocycles. The van der Waals surface area contributed by atoms with Gasteiger partial charge in [0.15, 0.2) is 0 Å². The van der Waals surface area contributed by atoms with Gasteiger partial charge in [0.25, 0.3) is 5.69 Å². The maximum Gasteiger partial charge on any atom is 0.338 e. The molecule has 4 fully saturated rings. The number of nitro groups is 1. The van der Waals surface area contributed by atoms with E-state index in [0.29, 0.717) is 19.5 Å². The normalized spacial score (nSPS) is 36.6. The first kappa shape index (κ1) is 19.8. The minimum atomic E-state index is -0.491. The van der Waals surface area contributed by atoms with Gasteiger partial charge in [0.1, 0.15) is 6.61 Å². The lowest BCUT2D eigenvalue weighted by molar-refractivity contribution is -0.384. The highest BCUT2D eigenvalue weighted by atomic mass is 127. The number of nitro benzene ring substituents is 1. The van der Waals surface area contributed by atoms with Gasteiger partial charge < -0.3 is 9.47 Å². The van der Waals surface area contributed by atoms with Gasteiger partial charge in [-0.15, -0.1) is 0 Å². The fourth-order valence-electron chi connectivity index (χ4n) is 5.30. The van der Waals surface area contributed by atoms with Crippen LogP contribution in [0.25, 0.3) is 0 Å². The maximum absolute atomic E-state index is 12.1. The third-order valence-electron chi connectivity index (χ3n) is 6.11. The van der Waals surface area contributed by atoms with Gasteiger partial charge in [-0.2, -0.15) is 0 Å². The Balaban J connectivity index is 1.31. The summed E-state index contributed by atoms with van der Waals surface area (Å²) in [5.41, 5.74) is 0.192. The summed E-state index contributed by atoms with van der Waals surface area (Å²) < 4.78 is 12.6. The summed E-state index contributed by atoms with van der Waals surface area (Å²) in [4.78, 5) is 22.3. The number of halogens is 2. The van der Waals surface area contributed by atoms with Crippen molar-refractivity contribution in [3.8, 4) is 0 Å². The van der Waals surface area contributed by atoms with Crippen molar-refractivity contribution in [3.63, 3.8) is 0 Å². The van der Waals surface area contributed by atoms with Gasteiger partial charge in [0.05, 0.1) is 22.7 Å². The molecule has 8 heteroatoms.